The summed E-state index contributed by atoms with van der Waals surface area (Å²) in [4.78, 5) is 27.4. The summed E-state index contributed by atoms with van der Waals surface area (Å²) >= 11 is 0. The van der Waals surface area contributed by atoms with Crippen molar-refractivity contribution in [3.63, 3.8) is 0 Å². The van der Waals surface area contributed by atoms with E-state index in [9.17, 15) is 9.59 Å². The second-order valence-corrected chi connectivity index (χ2v) is 7.52. The number of carbonyl (C=O) groups is 2. The third-order valence-electron chi connectivity index (χ3n) is 5.46. The van der Waals surface area contributed by atoms with Crippen molar-refractivity contribution < 1.29 is 9.59 Å². The van der Waals surface area contributed by atoms with Gasteiger partial charge in [0.1, 0.15) is 0 Å². The summed E-state index contributed by atoms with van der Waals surface area (Å²) < 4.78 is 0. The van der Waals surface area contributed by atoms with Crippen LogP contribution in [-0.2, 0) is 9.59 Å². The number of nitrogens with two attached hydrogens (primary N) is 1. The summed E-state index contributed by atoms with van der Waals surface area (Å²) in [5.41, 5.74) is 9.17. The molecule has 2 amide bonds. The van der Waals surface area contributed by atoms with Crippen molar-refractivity contribution in [3.8, 4) is 0 Å². The van der Waals surface area contributed by atoms with Gasteiger partial charge in [-0.25, -0.2) is 0 Å². The van der Waals surface area contributed by atoms with E-state index in [0.717, 1.165) is 22.3 Å². The molecule has 0 spiro atoms. The normalized spacial score (nSPS) is 10.2. The molecule has 34 heavy (non-hydrogen) atoms. The second kappa shape index (κ2) is 12.6. The van der Waals surface area contributed by atoms with Crippen molar-refractivity contribution >= 4 is 36.6 Å². The first-order valence-corrected chi connectivity index (χ1v) is 10.5. The van der Waals surface area contributed by atoms with E-state index in [1.54, 1.807) is 4.90 Å². The van der Waals surface area contributed by atoms with Crippen LogP contribution in [0.4, 0.5) is 0 Å². The smallest absolute Gasteiger partial charge is 0.313 e. The quantitative estimate of drug-likeness (QED) is 0.349. The highest BCUT2D eigenvalue weighted by Gasteiger charge is 2.36. The zero-order chi connectivity index (χ0) is 22.3. The number of hydrogen-bond donors (Lipinski definition) is 1. The molecule has 0 fully saturated rings. The molecule has 0 aliphatic carbocycles. The van der Waals surface area contributed by atoms with Crippen molar-refractivity contribution in [2.45, 2.75) is 12.1 Å². The van der Waals surface area contributed by atoms with Gasteiger partial charge in [0, 0.05) is 0 Å². The first-order chi connectivity index (χ1) is 15.7. The molecule has 0 unspecified atom stereocenters. The molecule has 0 radical (unpaired) electrons. The molecule has 174 valence electrons. The van der Waals surface area contributed by atoms with E-state index in [1.165, 1.54) is 0 Å². The second-order valence-electron chi connectivity index (χ2n) is 7.52. The topological polar surface area (TPSA) is 63.4 Å². The predicted octanol–water partition coefficient (Wildman–Crippen LogP) is 5.72. The van der Waals surface area contributed by atoms with Gasteiger partial charge in [-0.2, -0.15) is 0 Å². The van der Waals surface area contributed by atoms with Gasteiger partial charge in [-0.15, -0.1) is 24.8 Å². The third-order valence-corrected chi connectivity index (χ3v) is 5.46. The lowest BCUT2D eigenvalue weighted by Gasteiger charge is -2.38. The van der Waals surface area contributed by atoms with Gasteiger partial charge in [-0.1, -0.05) is 121 Å². The summed E-state index contributed by atoms with van der Waals surface area (Å²) in [5.74, 6) is -1.72. The van der Waals surface area contributed by atoms with Crippen LogP contribution < -0.4 is 5.73 Å². The minimum atomic E-state index is -0.987. The minimum absolute atomic E-state index is 0. The third kappa shape index (κ3) is 5.84. The van der Waals surface area contributed by atoms with Crippen LogP contribution in [0.2, 0.25) is 0 Å². The first-order valence-electron chi connectivity index (χ1n) is 10.5. The molecule has 0 aliphatic heterocycles. The summed E-state index contributed by atoms with van der Waals surface area (Å²) in [6, 6.07) is 37.8. The maximum absolute atomic E-state index is 13.5. The van der Waals surface area contributed by atoms with E-state index in [2.05, 4.69) is 0 Å². The first kappa shape index (κ1) is 26.7. The summed E-state index contributed by atoms with van der Waals surface area (Å²) in [5, 5.41) is 0. The van der Waals surface area contributed by atoms with Gasteiger partial charge in [0.2, 0.25) is 0 Å². The Balaban J connectivity index is 0.00000204. The molecule has 4 aromatic carbocycles. The van der Waals surface area contributed by atoms with Crippen LogP contribution in [0.3, 0.4) is 0 Å². The number of benzene rings is 4. The van der Waals surface area contributed by atoms with Crippen LogP contribution in [0.25, 0.3) is 0 Å². The Hall–Kier alpha value is -3.60. The molecule has 4 rings (SSSR count). The van der Waals surface area contributed by atoms with Crippen LogP contribution in [-0.4, -0.2) is 16.7 Å². The molecule has 0 saturated heterocycles. The monoisotopic (exact) mass is 492 g/mol. The van der Waals surface area contributed by atoms with Gasteiger partial charge in [0.05, 0.1) is 12.1 Å². The lowest BCUT2D eigenvalue weighted by atomic mass is 9.90. The van der Waals surface area contributed by atoms with Gasteiger partial charge in [0.15, 0.2) is 0 Å². The number of rotatable bonds is 6. The maximum atomic E-state index is 13.5. The van der Waals surface area contributed by atoms with E-state index < -0.39 is 23.9 Å². The molecule has 4 aromatic rings. The van der Waals surface area contributed by atoms with Gasteiger partial charge in [-0.05, 0) is 22.3 Å². The Morgan fingerprint density at radius 1 is 0.500 bits per heavy atom. The van der Waals surface area contributed by atoms with Gasteiger partial charge in [0.25, 0.3) is 0 Å². The highest BCUT2D eigenvalue weighted by atomic mass is 35.5. The van der Waals surface area contributed by atoms with Crippen LogP contribution >= 0.6 is 24.8 Å². The number of halogens is 2. The fourth-order valence-corrected chi connectivity index (χ4v) is 4.08. The number of primary amides is 1. The summed E-state index contributed by atoms with van der Waals surface area (Å²) in [7, 11) is 0. The molecular weight excluding hydrogens is 467 g/mol. The van der Waals surface area contributed by atoms with Gasteiger partial charge in [-0.3, -0.25) is 9.59 Å². The van der Waals surface area contributed by atoms with E-state index >= 15 is 0 Å². The summed E-state index contributed by atoms with van der Waals surface area (Å²) in [6.45, 7) is 0. The van der Waals surface area contributed by atoms with Crippen molar-refractivity contribution in [2.24, 2.45) is 5.73 Å². The lowest BCUT2D eigenvalue weighted by Crippen LogP contribution is -2.45. The Labute approximate surface area is 212 Å². The molecule has 0 atom stereocenters. The van der Waals surface area contributed by atoms with Crippen LogP contribution in [0.5, 0.6) is 0 Å². The largest absolute Gasteiger partial charge is 0.361 e. The van der Waals surface area contributed by atoms with Crippen molar-refractivity contribution in [1.29, 1.82) is 0 Å². The molecule has 4 nitrogen and oxygen atoms in total. The van der Waals surface area contributed by atoms with Gasteiger partial charge < -0.3 is 10.6 Å². The number of carbonyl (C=O) groups excluding carboxylic acids is 2. The molecule has 0 aromatic heterocycles. The van der Waals surface area contributed by atoms with E-state index in [4.69, 9.17) is 5.73 Å². The maximum Gasteiger partial charge on any atom is 0.313 e. The minimum Gasteiger partial charge on any atom is -0.361 e. The fraction of sp³-hybridized carbons (Fsp3) is 0.0714. The zero-order valence-corrected chi connectivity index (χ0v) is 20.0. The zero-order valence-electron chi connectivity index (χ0n) is 18.4. The molecule has 0 saturated carbocycles. The Morgan fingerprint density at radius 3 is 0.941 bits per heavy atom. The fourth-order valence-electron chi connectivity index (χ4n) is 4.08. The molecule has 0 bridgehead atoms. The number of hydrogen-bond acceptors (Lipinski definition) is 2. The average Bonchev–Trinajstić information content (AvgIpc) is 2.86. The van der Waals surface area contributed by atoms with Gasteiger partial charge >= 0.3 is 11.8 Å². The van der Waals surface area contributed by atoms with E-state index in [-0.39, 0.29) is 24.8 Å². The number of nitrogens with zero attached hydrogens (tertiary/aromatic N) is 1. The molecule has 6 heteroatoms. The molecule has 2 N–H and O–H groups in total. The lowest BCUT2D eigenvalue weighted by molar-refractivity contribution is -0.146. The number of amides is 2. The van der Waals surface area contributed by atoms with Crippen LogP contribution in [0.1, 0.15) is 34.3 Å². The molecule has 0 aliphatic rings. The molecular formula is C28H26Cl2N2O2. The highest BCUT2D eigenvalue weighted by Crippen LogP contribution is 2.39. The van der Waals surface area contributed by atoms with Crippen molar-refractivity contribution in [1.82, 2.24) is 4.90 Å². The average molecular weight is 493 g/mol. The van der Waals surface area contributed by atoms with Crippen molar-refractivity contribution in [2.75, 3.05) is 0 Å². The SMILES string of the molecule is Cl.Cl.NC(=O)C(=O)N(C(c1ccccc1)c1ccccc1)C(c1ccccc1)c1ccccc1. The highest BCUT2D eigenvalue weighted by molar-refractivity contribution is 6.34. The van der Waals surface area contributed by atoms with Crippen LogP contribution in [0.15, 0.2) is 121 Å². The predicted molar refractivity (Wildman–Crippen MR) is 140 cm³/mol. The Kier molecular flexibility index (Phi) is 9.87. The van der Waals surface area contributed by atoms with E-state index in [1.807, 2.05) is 121 Å². The standard InChI is InChI=1S/C28H24N2O2.2ClH/c29-27(31)28(32)30(25(21-13-5-1-6-14-21)22-15-7-2-8-16-22)26(23-17-9-3-10-18-23)24-19-11-4-12-20-24;;/h1-20,25-26H,(H2,29,31);2*1H. The van der Waals surface area contributed by atoms with E-state index in [0.29, 0.717) is 0 Å². The Morgan fingerprint density at radius 2 is 0.735 bits per heavy atom. The Bertz CT molecular complexity index is 1010. The van der Waals surface area contributed by atoms with Crippen LogP contribution in [0, 0.1) is 0 Å². The van der Waals surface area contributed by atoms with Crippen molar-refractivity contribution in [3.05, 3.63) is 144 Å². The molecule has 0 heterocycles. The summed E-state index contributed by atoms with van der Waals surface area (Å²) in [6.07, 6.45) is 0.